The van der Waals surface area contributed by atoms with E-state index in [4.69, 9.17) is 0 Å². The van der Waals surface area contributed by atoms with Crippen LogP contribution in [0.3, 0.4) is 0 Å². The van der Waals surface area contributed by atoms with Gasteiger partial charge in [0.05, 0.1) is 3.79 Å². The van der Waals surface area contributed by atoms with Gasteiger partial charge in [-0.15, -0.1) is 11.3 Å². The van der Waals surface area contributed by atoms with Crippen LogP contribution in [0.2, 0.25) is 0 Å². The van der Waals surface area contributed by atoms with Crippen molar-refractivity contribution in [2.45, 2.75) is 6.92 Å². The molecule has 4 heteroatoms. The minimum absolute atomic E-state index is 0. The van der Waals surface area contributed by atoms with Crippen LogP contribution in [0.15, 0.2) is 9.85 Å². The molecule has 1 rings (SSSR count). The standard InChI is InChI=1S/C5H4BrS.BrH.Zn/c1-4-2-3-7-5(4)6;;/h2H,1H3;1H;/p-1. The van der Waals surface area contributed by atoms with Crippen molar-refractivity contribution in [1.82, 2.24) is 0 Å². The van der Waals surface area contributed by atoms with E-state index >= 15 is 0 Å². The van der Waals surface area contributed by atoms with Crippen LogP contribution in [0.1, 0.15) is 5.56 Å². The maximum atomic E-state index is 3.35. The van der Waals surface area contributed by atoms with E-state index < -0.39 is 0 Å². The molecule has 0 bridgehead atoms. The van der Waals surface area contributed by atoms with Crippen LogP contribution in [0, 0.1) is 12.3 Å². The van der Waals surface area contributed by atoms with Crippen LogP contribution in [-0.4, -0.2) is 0 Å². The quantitative estimate of drug-likeness (QED) is 0.572. The summed E-state index contributed by atoms with van der Waals surface area (Å²) in [5, 5.41) is 2.99. The first-order valence-electron chi connectivity index (χ1n) is 1.92. The van der Waals surface area contributed by atoms with Gasteiger partial charge in [-0.25, -0.2) is 0 Å². The molecule has 0 atom stereocenters. The topological polar surface area (TPSA) is 0 Å². The Balaban J connectivity index is 0. The Hall–Kier alpha value is 1.28. The van der Waals surface area contributed by atoms with Crippen LogP contribution >= 0.6 is 27.3 Å². The summed E-state index contributed by atoms with van der Waals surface area (Å²) in [5.41, 5.74) is 1.27. The Morgan fingerprint density at radius 2 is 2.22 bits per heavy atom. The summed E-state index contributed by atoms with van der Waals surface area (Å²) in [7, 11) is 0. The minimum atomic E-state index is 0. The molecule has 1 aromatic heterocycles. The van der Waals surface area contributed by atoms with Gasteiger partial charge in [-0.05, 0) is 34.5 Å². The van der Waals surface area contributed by atoms with E-state index in [2.05, 4.69) is 28.2 Å². The van der Waals surface area contributed by atoms with Gasteiger partial charge < -0.3 is 17.0 Å². The van der Waals surface area contributed by atoms with Crippen molar-refractivity contribution in [3.8, 4) is 0 Å². The molecule has 0 aromatic carbocycles. The molecule has 0 aliphatic carbocycles. The first-order valence-corrected chi connectivity index (χ1v) is 3.53. The molecule has 0 N–H and O–H groups in total. The summed E-state index contributed by atoms with van der Waals surface area (Å²) in [4.78, 5) is 0. The molecule has 0 spiro atoms. The van der Waals surface area contributed by atoms with E-state index in [1.54, 1.807) is 11.3 Å². The first-order chi connectivity index (χ1) is 3.30. The molecule has 1 aromatic rings. The number of rotatable bonds is 0. The van der Waals surface area contributed by atoms with Gasteiger partial charge in [0.2, 0.25) is 0 Å². The van der Waals surface area contributed by atoms with Gasteiger partial charge in [-0.2, -0.15) is 0 Å². The number of halogens is 2. The second-order valence-corrected chi connectivity index (χ2v) is 3.49. The zero-order valence-corrected chi connectivity index (χ0v) is 11.9. The number of aryl methyl sites for hydroxylation is 1. The molecule has 0 saturated heterocycles. The largest absolute Gasteiger partial charge is 1.00 e. The summed E-state index contributed by atoms with van der Waals surface area (Å²) in [6, 6.07) is 1.97. The van der Waals surface area contributed by atoms with E-state index in [1.165, 1.54) is 9.35 Å². The smallest absolute Gasteiger partial charge is 0.0734 e. The maximum absolute atomic E-state index is 3.35. The third kappa shape index (κ3) is 3.87. The molecule has 0 saturated carbocycles. The fourth-order valence-electron chi connectivity index (χ4n) is 0.307. The van der Waals surface area contributed by atoms with Crippen LogP contribution in [-0.2, 0) is 19.5 Å². The molecule has 0 unspecified atom stereocenters. The molecule has 0 aliphatic heterocycles. The first kappa shape index (κ1) is 12.9. The Bertz CT molecular complexity index is 147. The third-order valence-electron chi connectivity index (χ3n) is 0.734. The van der Waals surface area contributed by atoms with Gasteiger partial charge in [0, 0.05) is 24.9 Å². The van der Waals surface area contributed by atoms with Crippen molar-refractivity contribution in [2.24, 2.45) is 0 Å². The van der Waals surface area contributed by atoms with Gasteiger partial charge in [-0.1, -0.05) is 0 Å². The fraction of sp³-hybridized carbons (Fsp3) is 0.200. The van der Waals surface area contributed by atoms with Gasteiger partial charge in [0.25, 0.3) is 0 Å². The van der Waals surface area contributed by atoms with Crippen LogP contribution in [0.25, 0.3) is 0 Å². The van der Waals surface area contributed by atoms with Gasteiger partial charge >= 0.3 is 0 Å². The van der Waals surface area contributed by atoms with Gasteiger partial charge in [0.15, 0.2) is 0 Å². The van der Waals surface area contributed by atoms with Crippen LogP contribution < -0.4 is 17.0 Å². The second-order valence-electron chi connectivity index (χ2n) is 1.32. The number of thiophene rings is 1. The Morgan fingerprint density at radius 1 is 1.67 bits per heavy atom. The zero-order valence-electron chi connectivity index (χ0n) is 4.95. The predicted octanol–water partition coefficient (Wildman–Crippen LogP) is -0.379. The summed E-state index contributed by atoms with van der Waals surface area (Å²) in [6.45, 7) is 2.05. The van der Waals surface area contributed by atoms with E-state index in [-0.39, 0.29) is 36.5 Å². The van der Waals surface area contributed by atoms with Crippen molar-refractivity contribution < 1.29 is 36.5 Å². The molecule has 1 heterocycles. The Labute approximate surface area is 90.7 Å². The predicted molar refractivity (Wildman–Crippen MR) is 35.6 cm³/mol. The molecule has 0 fully saturated rings. The van der Waals surface area contributed by atoms with E-state index in [1.807, 2.05) is 6.07 Å². The second kappa shape index (κ2) is 6.02. The average Bonchev–Trinajstić information content (AvgIpc) is 1.91. The number of hydrogen-bond acceptors (Lipinski definition) is 1. The summed E-state index contributed by atoms with van der Waals surface area (Å²) in [5.74, 6) is 0. The fourth-order valence-corrected chi connectivity index (χ4v) is 1.26. The van der Waals surface area contributed by atoms with E-state index in [9.17, 15) is 0 Å². The van der Waals surface area contributed by atoms with Crippen molar-refractivity contribution >= 4 is 27.3 Å². The molecule has 0 nitrogen and oxygen atoms in total. The monoisotopic (exact) mass is 318 g/mol. The molecule has 47 valence electrons. The van der Waals surface area contributed by atoms with Crippen molar-refractivity contribution in [2.75, 3.05) is 0 Å². The molecular formula is C5H4Br2SZn-. The summed E-state index contributed by atoms with van der Waals surface area (Å²) < 4.78 is 1.19. The minimum Gasteiger partial charge on any atom is -1.00 e. The third-order valence-corrected chi connectivity index (χ3v) is 2.58. The Morgan fingerprint density at radius 3 is 2.33 bits per heavy atom. The average molecular weight is 321 g/mol. The molecule has 0 amide bonds. The van der Waals surface area contributed by atoms with Crippen molar-refractivity contribution in [1.29, 1.82) is 0 Å². The molecule has 1 radical (unpaired) electrons. The van der Waals surface area contributed by atoms with Gasteiger partial charge in [0.1, 0.15) is 0 Å². The normalized spacial score (nSPS) is 7.33. The summed E-state index contributed by atoms with van der Waals surface area (Å²) in [6.07, 6.45) is 0. The van der Waals surface area contributed by atoms with E-state index in [0.717, 1.165) is 0 Å². The molecule has 0 aliphatic rings. The Kier molecular flexibility index (Phi) is 8.64. The maximum Gasteiger partial charge on any atom is 0.0734 e. The van der Waals surface area contributed by atoms with Crippen molar-refractivity contribution in [3.05, 3.63) is 20.8 Å². The summed E-state index contributed by atoms with van der Waals surface area (Å²) >= 11 is 4.95. The van der Waals surface area contributed by atoms with Gasteiger partial charge in [-0.3, -0.25) is 0 Å². The van der Waals surface area contributed by atoms with Crippen LogP contribution in [0.4, 0.5) is 0 Å². The zero-order chi connectivity index (χ0) is 5.28. The molecule has 9 heavy (non-hydrogen) atoms. The number of hydrogen-bond donors (Lipinski definition) is 0. The SMILES string of the molecule is Cc1c[c]sc1Br.[Br-].[Zn]. The van der Waals surface area contributed by atoms with Crippen molar-refractivity contribution in [3.63, 3.8) is 0 Å². The van der Waals surface area contributed by atoms with E-state index in [0.29, 0.717) is 0 Å². The molecular weight excluding hydrogens is 317 g/mol. The van der Waals surface area contributed by atoms with Crippen LogP contribution in [0.5, 0.6) is 0 Å².